The number of nitrogens with zero attached hydrogens (tertiary/aromatic N) is 1. The third-order valence-electron chi connectivity index (χ3n) is 4.57. The van der Waals surface area contributed by atoms with Crippen LogP contribution in [0.4, 0.5) is 8.78 Å². The first-order valence-electron chi connectivity index (χ1n) is 8.82. The third-order valence-corrected chi connectivity index (χ3v) is 6.93. The van der Waals surface area contributed by atoms with E-state index in [-0.39, 0.29) is 29.0 Å². The molecule has 0 spiro atoms. The van der Waals surface area contributed by atoms with Crippen molar-refractivity contribution < 1.29 is 27.1 Å². The number of aromatic carboxylic acids is 1. The summed E-state index contributed by atoms with van der Waals surface area (Å²) in [6.07, 6.45) is 0.245. The van der Waals surface area contributed by atoms with Crippen LogP contribution in [0.3, 0.4) is 0 Å². The normalized spacial score (nSPS) is 11.6. The van der Waals surface area contributed by atoms with E-state index >= 15 is 0 Å². The van der Waals surface area contributed by atoms with Crippen molar-refractivity contribution in [1.82, 2.24) is 9.71 Å². The average Bonchev–Trinajstić information content (AvgIpc) is 3.11. The molecule has 1 aromatic heterocycles. The second-order valence-electron chi connectivity index (χ2n) is 6.63. The highest BCUT2D eigenvalue weighted by atomic mass is 32.2. The largest absolute Gasteiger partial charge is 0.478 e. The maximum absolute atomic E-state index is 13.9. The Balaban J connectivity index is 1.71. The van der Waals surface area contributed by atoms with E-state index < -0.39 is 27.6 Å². The van der Waals surface area contributed by atoms with Gasteiger partial charge in [-0.25, -0.2) is 31.7 Å². The Morgan fingerprint density at radius 2 is 1.93 bits per heavy atom. The Bertz CT molecular complexity index is 1220. The van der Waals surface area contributed by atoms with Crippen molar-refractivity contribution >= 4 is 27.3 Å². The van der Waals surface area contributed by atoms with Gasteiger partial charge >= 0.3 is 5.97 Å². The lowest BCUT2D eigenvalue weighted by Gasteiger charge is -2.11. The summed E-state index contributed by atoms with van der Waals surface area (Å²) in [5, 5.41) is 11.3. The molecule has 0 fully saturated rings. The number of aryl methyl sites for hydroxylation is 1. The molecule has 6 nitrogen and oxygen atoms in total. The Morgan fingerprint density at radius 3 is 2.60 bits per heavy atom. The van der Waals surface area contributed by atoms with Crippen LogP contribution in [0.1, 0.15) is 27.2 Å². The molecule has 30 heavy (non-hydrogen) atoms. The maximum atomic E-state index is 13.9. The van der Waals surface area contributed by atoms with Crippen molar-refractivity contribution in [2.45, 2.75) is 25.2 Å². The predicted octanol–water partition coefficient (Wildman–Crippen LogP) is 3.92. The van der Waals surface area contributed by atoms with Crippen LogP contribution in [0.25, 0.3) is 10.6 Å². The van der Waals surface area contributed by atoms with Crippen LogP contribution in [0, 0.1) is 25.5 Å². The van der Waals surface area contributed by atoms with Crippen LogP contribution in [0.5, 0.6) is 0 Å². The van der Waals surface area contributed by atoms with Gasteiger partial charge in [0.25, 0.3) is 0 Å². The van der Waals surface area contributed by atoms with Gasteiger partial charge in [-0.3, -0.25) is 0 Å². The van der Waals surface area contributed by atoms with E-state index in [1.165, 1.54) is 23.5 Å². The Morgan fingerprint density at radius 1 is 1.20 bits per heavy atom. The molecular formula is C20H18F2N2O4S2. The van der Waals surface area contributed by atoms with E-state index in [2.05, 4.69) is 9.71 Å². The first-order chi connectivity index (χ1) is 14.1. The summed E-state index contributed by atoms with van der Waals surface area (Å²) in [6.45, 7) is 3.28. The first-order valence-corrected chi connectivity index (χ1v) is 11.2. The molecule has 0 unspecified atom stereocenters. The molecule has 0 aliphatic rings. The fourth-order valence-electron chi connectivity index (χ4n) is 2.81. The van der Waals surface area contributed by atoms with E-state index in [1.807, 2.05) is 0 Å². The third kappa shape index (κ3) is 4.72. The van der Waals surface area contributed by atoms with Crippen molar-refractivity contribution in [3.05, 3.63) is 69.7 Å². The van der Waals surface area contributed by atoms with Gasteiger partial charge in [-0.1, -0.05) is 0 Å². The summed E-state index contributed by atoms with van der Waals surface area (Å²) in [5.41, 5.74) is 1.71. The summed E-state index contributed by atoms with van der Waals surface area (Å²) >= 11 is 1.17. The van der Waals surface area contributed by atoms with Gasteiger partial charge in [-0.2, -0.15) is 0 Å². The molecule has 0 saturated carbocycles. The smallest absolute Gasteiger partial charge is 0.336 e. The van der Waals surface area contributed by atoms with Gasteiger partial charge in [-0.05, 0) is 49.2 Å². The fourth-order valence-corrected chi connectivity index (χ4v) is 4.83. The van der Waals surface area contributed by atoms with E-state index in [1.54, 1.807) is 19.2 Å². The second kappa shape index (κ2) is 8.58. The highest BCUT2D eigenvalue weighted by molar-refractivity contribution is 7.89. The lowest BCUT2D eigenvalue weighted by Crippen LogP contribution is -2.26. The topological polar surface area (TPSA) is 96.4 Å². The molecule has 2 aromatic carbocycles. The summed E-state index contributed by atoms with van der Waals surface area (Å²) in [4.78, 5) is 15.5. The number of carboxylic acids is 1. The zero-order valence-electron chi connectivity index (χ0n) is 16.1. The lowest BCUT2D eigenvalue weighted by atomic mass is 10.0. The summed E-state index contributed by atoms with van der Waals surface area (Å²) in [7, 11) is -3.92. The van der Waals surface area contributed by atoms with Gasteiger partial charge < -0.3 is 5.11 Å². The van der Waals surface area contributed by atoms with E-state index in [0.717, 1.165) is 18.2 Å². The molecule has 0 aliphatic heterocycles. The van der Waals surface area contributed by atoms with Crippen LogP contribution in [-0.4, -0.2) is 31.0 Å². The van der Waals surface area contributed by atoms with Crippen molar-refractivity contribution in [3.63, 3.8) is 0 Å². The molecule has 0 aliphatic carbocycles. The summed E-state index contributed by atoms with van der Waals surface area (Å²) in [6, 6.07) is 5.77. The number of aromatic nitrogens is 1. The van der Waals surface area contributed by atoms with Gasteiger partial charge in [-0.15, -0.1) is 11.3 Å². The van der Waals surface area contributed by atoms with Crippen LogP contribution < -0.4 is 4.72 Å². The summed E-state index contributed by atoms with van der Waals surface area (Å²) < 4.78 is 54.5. The lowest BCUT2D eigenvalue weighted by molar-refractivity contribution is 0.0695. The molecular weight excluding hydrogens is 434 g/mol. The molecule has 0 saturated heterocycles. The Labute approximate surface area is 176 Å². The number of hydrogen-bond donors (Lipinski definition) is 2. The summed E-state index contributed by atoms with van der Waals surface area (Å²) in [5.74, 6) is -2.60. The van der Waals surface area contributed by atoms with Crippen molar-refractivity contribution in [1.29, 1.82) is 0 Å². The van der Waals surface area contributed by atoms with E-state index in [9.17, 15) is 27.1 Å². The van der Waals surface area contributed by atoms with Crippen LogP contribution in [-0.2, 0) is 16.4 Å². The molecule has 0 amide bonds. The SMILES string of the molecule is Cc1cc(S(=O)(=O)NCCc2csc(-c3ccc(F)cc3F)n2)cc(C(=O)O)c1C. The highest BCUT2D eigenvalue weighted by Crippen LogP contribution is 2.27. The number of carboxylic acid groups (broad SMARTS) is 1. The highest BCUT2D eigenvalue weighted by Gasteiger charge is 2.19. The van der Waals surface area contributed by atoms with Crippen molar-refractivity contribution in [2.75, 3.05) is 6.54 Å². The van der Waals surface area contributed by atoms with Gasteiger partial charge in [0.2, 0.25) is 10.0 Å². The molecule has 1 heterocycles. The first kappa shape index (κ1) is 22.0. The number of thiazole rings is 1. The van der Waals surface area contributed by atoms with Crippen LogP contribution >= 0.6 is 11.3 Å². The van der Waals surface area contributed by atoms with E-state index in [0.29, 0.717) is 21.8 Å². The van der Waals surface area contributed by atoms with Crippen LogP contribution in [0.15, 0.2) is 40.6 Å². The molecule has 0 atom stereocenters. The molecule has 10 heteroatoms. The predicted molar refractivity (Wildman–Crippen MR) is 109 cm³/mol. The van der Waals surface area contributed by atoms with Crippen molar-refractivity contribution in [2.24, 2.45) is 0 Å². The minimum absolute atomic E-state index is 0.0206. The zero-order valence-corrected chi connectivity index (χ0v) is 17.7. The fraction of sp³-hybridized carbons (Fsp3) is 0.200. The second-order valence-corrected chi connectivity index (χ2v) is 9.26. The van der Waals surface area contributed by atoms with Gasteiger partial charge in [0.05, 0.1) is 16.2 Å². The van der Waals surface area contributed by atoms with Crippen LogP contribution in [0.2, 0.25) is 0 Å². The number of sulfonamides is 1. The average molecular weight is 453 g/mol. The quantitative estimate of drug-likeness (QED) is 0.566. The molecule has 0 radical (unpaired) electrons. The Hall–Kier alpha value is -2.69. The number of benzene rings is 2. The minimum atomic E-state index is -3.92. The zero-order chi connectivity index (χ0) is 22.1. The number of nitrogens with one attached hydrogen (secondary N) is 1. The molecule has 0 bridgehead atoms. The van der Waals surface area contributed by atoms with E-state index in [4.69, 9.17) is 0 Å². The monoisotopic (exact) mass is 452 g/mol. The standard InChI is InChI=1S/C20H18F2N2O4S2/c1-11-7-15(9-17(12(11)2)20(25)26)30(27,28)23-6-5-14-10-29-19(24-14)16-4-3-13(21)8-18(16)22/h3-4,7-10,23H,5-6H2,1-2H3,(H,25,26). The molecule has 3 aromatic rings. The van der Waals surface area contributed by atoms with Gasteiger partial charge in [0.15, 0.2) is 0 Å². The van der Waals surface area contributed by atoms with Gasteiger partial charge in [0.1, 0.15) is 16.6 Å². The molecule has 2 N–H and O–H groups in total. The number of carbonyl (C=O) groups is 1. The maximum Gasteiger partial charge on any atom is 0.336 e. The minimum Gasteiger partial charge on any atom is -0.478 e. The number of rotatable bonds is 7. The molecule has 158 valence electrons. The number of halogens is 2. The van der Waals surface area contributed by atoms with Crippen molar-refractivity contribution in [3.8, 4) is 10.6 Å². The molecule has 3 rings (SSSR count). The van der Waals surface area contributed by atoms with Gasteiger partial charge in [0, 0.05) is 30.0 Å². The number of hydrogen-bond acceptors (Lipinski definition) is 5. The Kier molecular flexibility index (Phi) is 6.30.